The maximum absolute atomic E-state index is 14.5. The number of carbonyl (C=O) groups excluding carboxylic acids is 4. The van der Waals surface area contributed by atoms with Crippen LogP contribution in [0.3, 0.4) is 0 Å². The number of aryl methyl sites for hydroxylation is 3. The van der Waals surface area contributed by atoms with Crippen molar-refractivity contribution in [2.45, 2.75) is 150 Å². The van der Waals surface area contributed by atoms with Crippen molar-refractivity contribution in [3.8, 4) is 11.1 Å². The van der Waals surface area contributed by atoms with Gasteiger partial charge in [-0.3, -0.25) is 28.5 Å². The predicted molar refractivity (Wildman–Crippen MR) is 328 cm³/mol. The van der Waals surface area contributed by atoms with Crippen LogP contribution in [0.15, 0.2) is 66.9 Å². The summed E-state index contributed by atoms with van der Waals surface area (Å²) in [7, 11) is -0.587. The molecule has 0 unspecified atom stereocenters. The molecule has 1 saturated heterocycles. The number of hydrogen-bond acceptors (Lipinski definition) is 16. The lowest BCUT2D eigenvalue weighted by molar-refractivity contribution is -0.144. The number of hydrogen-bond donors (Lipinski definition) is 5. The van der Waals surface area contributed by atoms with Gasteiger partial charge in [0.2, 0.25) is 27.7 Å². The van der Waals surface area contributed by atoms with E-state index in [0.29, 0.717) is 46.6 Å². The quantitative estimate of drug-likeness (QED) is 0.0446. The molecule has 2 aromatic carbocycles. The summed E-state index contributed by atoms with van der Waals surface area (Å²) >= 11 is 1.51. The van der Waals surface area contributed by atoms with E-state index in [0.717, 1.165) is 67.9 Å². The molecule has 21 nitrogen and oxygen atoms in total. The Morgan fingerprint density at radius 1 is 0.871 bits per heavy atom. The average molecular weight is 1200 g/mol. The number of pyridine rings is 1. The van der Waals surface area contributed by atoms with Gasteiger partial charge in [0.05, 0.1) is 45.5 Å². The molecule has 4 aliphatic carbocycles. The van der Waals surface area contributed by atoms with Crippen molar-refractivity contribution < 1.29 is 32.7 Å². The Balaban J connectivity index is 0.734. The number of nitrogens with zero attached hydrogens (tertiary/aromatic N) is 10. The van der Waals surface area contributed by atoms with Crippen molar-refractivity contribution in [2.75, 3.05) is 29.6 Å². The van der Waals surface area contributed by atoms with Crippen molar-refractivity contribution >= 4 is 88.7 Å². The number of nitrogens with one attached hydrogen (secondary N) is 4. The third-order valence-corrected chi connectivity index (χ3v) is 20.4. The zero-order valence-electron chi connectivity index (χ0n) is 50.0. The Morgan fingerprint density at radius 2 is 1.60 bits per heavy atom. The van der Waals surface area contributed by atoms with E-state index >= 15 is 0 Å². The van der Waals surface area contributed by atoms with Crippen LogP contribution < -0.4 is 25.6 Å². The zero-order chi connectivity index (χ0) is 60.3. The van der Waals surface area contributed by atoms with Crippen LogP contribution >= 0.6 is 11.3 Å². The summed E-state index contributed by atoms with van der Waals surface area (Å²) in [5.41, 5.74) is 5.68. The third-order valence-electron chi connectivity index (χ3n) is 18.1. The number of unbranched alkanes of at least 4 members (excludes halogenated alkanes) is 2. The number of aromatic nitrogens is 8. The molecule has 23 heteroatoms. The van der Waals surface area contributed by atoms with Crippen LogP contribution in [0.25, 0.3) is 32.2 Å². The first-order chi connectivity index (χ1) is 40.4. The molecule has 7 aromatic rings. The largest absolute Gasteiger partial charge is 0.391 e. The van der Waals surface area contributed by atoms with E-state index in [9.17, 15) is 32.7 Å². The summed E-state index contributed by atoms with van der Waals surface area (Å²) in [4.78, 5) is 68.9. The number of benzene rings is 2. The van der Waals surface area contributed by atoms with E-state index in [-0.39, 0.29) is 36.9 Å². The fraction of sp³-hybridized carbons (Fsp3) is 0.516. The molecule has 0 radical (unpaired) electrons. The fourth-order valence-electron chi connectivity index (χ4n) is 14.1. The molecule has 5 aromatic heterocycles. The molecule has 4 bridgehead atoms. The van der Waals surface area contributed by atoms with Gasteiger partial charge in [-0.15, -0.1) is 10.2 Å². The van der Waals surface area contributed by atoms with Crippen LogP contribution in [0.2, 0.25) is 0 Å². The zero-order valence-corrected chi connectivity index (χ0v) is 51.6. The number of anilines is 4. The molecule has 1 aliphatic heterocycles. The second-order valence-electron chi connectivity index (χ2n) is 25.7. The fourth-order valence-corrected chi connectivity index (χ4v) is 16.0. The lowest BCUT2D eigenvalue weighted by Crippen LogP contribution is -2.57. The van der Waals surface area contributed by atoms with Crippen molar-refractivity contribution in [2.24, 2.45) is 35.6 Å². The summed E-state index contributed by atoms with van der Waals surface area (Å²) in [6.07, 6.45) is 9.21. The summed E-state index contributed by atoms with van der Waals surface area (Å²) in [6, 6.07) is 16.8. The van der Waals surface area contributed by atoms with E-state index in [2.05, 4.69) is 45.6 Å². The highest BCUT2D eigenvalue weighted by atomic mass is 32.2. The van der Waals surface area contributed by atoms with Crippen molar-refractivity contribution in [3.05, 3.63) is 95.1 Å². The Labute approximate surface area is 500 Å². The van der Waals surface area contributed by atoms with Crippen molar-refractivity contribution in [1.82, 2.24) is 60.0 Å². The first kappa shape index (κ1) is 59.4. The minimum atomic E-state index is -4.22. The minimum Gasteiger partial charge on any atom is -0.391 e. The maximum atomic E-state index is 14.5. The van der Waals surface area contributed by atoms with Crippen LogP contribution in [0, 0.1) is 49.4 Å². The van der Waals surface area contributed by atoms with Gasteiger partial charge in [-0.25, -0.2) is 23.1 Å². The molecular formula is C62H78N14O7S2. The molecule has 4 atom stereocenters. The van der Waals surface area contributed by atoms with Gasteiger partial charge in [0.15, 0.2) is 16.8 Å². The highest BCUT2D eigenvalue weighted by Gasteiger charge is 2.51. The standard InChI is InChI=1S/C62H78N14O7S2/c1-35-23-52(69-70-56(35)68-60-65-47-15-12-13-16-50(47)84-60)73(8)51-21-19-44(46-32-63-76(38(46)4)34-62-29-39-24-40(30-62)26-41(25-39)31-62)54(66-51)58(80)72-85(82,83)22-14-10-11-17-53(78)67-55(61(5,6)7)59(81)75-33-43(77)28-49(75)57(79)64-36(2)42-18-20-48-45(27-42)37(3)71-74(48)9/h12-13,15-16,18-21,23,27,32,36,39-41,43,49,55,77H,10-11,14,17,22,24-26,28-31,33-34H2,1-9H3,(H,64,79)(H,67,78)(H,72,80)(H,65,68,70)/t36-,39?,40?,41?,43-,49+,55-,62?/m1/s1. The normalized spacial score (nSPS) is 21.8. The van der Waals surface area contributed by atoms with E-state index in [4.69, 9.17) is 10.1 Å². The summed E-state index contributed by atoms with van der Waals surface area (Å²) < 4.78 is 34.9. The van der Waals surface area contributed by atoms with Crippen LogP contribution in [-0.4, -0.2) is 119 Å². The van der Waals surface area contributed by atoms with Crippen molar-refractivity contribution in [1.29, 1.82) is 0 Å². The number of carbonyl (C=O) groups is 4. The smallest absolute Gasteiger partial charge is 0.284 e. The van der Waals surface area contributed by atoms with Gasteiger partial charge in [0, 0.05) is 62.2 Å². The van der Waals surface area contributed by atoms with Crippen LogP contribution in [0.5, 0.6) is 0 Å². The van der Waals surface area contributed by atoms with Crippen LogP contribution in [-0.2, 0) is 38.0 Å². The number of sulfonamides is 1. The number of aliphatic hydroxyl groups excluding tert-OH is 1. The third kappa shape index (κ3) is 12.7. The van der Waals surface area contributed by atoms with Gasteiger partial charge in [-0.1, -0.05) is 56.7 Å². The number of aliphatic hydroxyl groups is 1. The number of rotatable bonds is 20. The van der Waals surface area contributed by atoms with E-state index < -0.39 is 69.0 Å². The van der Waals surface area contributed by atoms with E-state index in [1.165, 1.54) is 54.8 Å². The molecule has 85 heavy (non-hydrogen) atoms. The van der Waals surface area contributed by atoms with Gasteiger partial charge in [-0.05, 0) is 161 Å². The lowest BCUT2D eigenvalue weighted by Gasteiger charge is -2.56. The molecule has 5 N–H and O–H groups in total. The van der Waals surface area contributed by atoms with Crippen LogP contribution in [0.4, 0.5) is 22.6 Å². The second-order valence-corrected chi connectivity index (χ2v) is 28.6. The monoisotopic (exact) mass is 1190 g/mol. The van der Waals surface area contributed by atoms with Gasteiger partial charge in [0.1, 0.15) is 23.6 Å². The van der Waals surface area contributed by atoms with E-state index in [1.54, 1.807) is 35.0 Å². The number of amides is 4. The maximum Gasteiger partial charge on any atom is 0.284 e. The van der Waals surface area contributed by atoms with Gasteiger partial charge < -0.3 is 30.9 Å². The molecule has 4 saturated carbocycles. The SMILES string of the molecule is Cc1cc(N(C)c2ccc(-c3cnn(CC45CC6CC(CC(C6)C4)C5)c3C)c(C(=O)NS(=O)(=O)CCCCCC(=O)N[C@H](C(=O)N3C[C@H](O)C[C@H]3C(=O)N[C@H](C)c3ccc4c(c3)c(C)nn4C)C(C)(C)C)n2)nnc1Nc1nc2ccccc2s1. The number of β-amino-alcohol motifs (C(OH)–C–C–N with tert-alkyl or cyclic N) is 1. The van der Waals surface area contributed by atoms with Gasteiger partial charge in [0.25, 0.3) is 5.91 Å². The highest BCUT2D eigenvalue weighted by Crippen LogP contribution is 2.60. The molecule has 4 amide bonds. The van der Waals surface area contributed by atoms with Gasteiger partial charge >= 0.3 is 0 Å². The topological polar surface area (TPSA) is 264 Å². The van der Waals surface area contributed by atoms with Gasteiger partial charge in [-0.2, -0.15) is 10.2 Å². The molecule has 6 heterocycles. The van der Waals surface area contributed by atoms with Crippen LogP contribution in [0.1, 0.15) is 137 Å². The molecule has 5 aliphatic rings. The molecule has 0 spiro atoms. The number of likely N-dealkylation sites (tertiary alicyclic amines) is 1. The number of fused-ring (bicyclic) bond motifs is 2. The number of para-hydroxylation sites is 1. The summed E-state index contributed by atoms with van der Waals surface area (Å²) in [5, 5.41) is 40.0. The summed E-state index contributed by atoms with van der Waals surface area (Å²) in [5.74, 6) is 1.00. The average Bonchev–Trinajstić information content (AvgIpc) is 2.44. The minimum absolute atomic E-state index is 0.00709. The summed E-state index contributed by atoms with van der Waals surface area (Å²) in [6.45, 7) is 13.9. The first-order valence-electron chi connectivity index (χ1n) is 29.7. The molecule has 5 fully saturated rings. The van der Waals surface area contributed by atoms with E-state index in [1.807, 2.05) is 104 Å². The Bertz CT molecular complexity index is 3760. The molecule has 450 valence electrons. The second kappa shape index (κ2) is 23.5. The lowest BCUT2D eigenvalue weighted by atomic mass is 9.49. The first-order valence-corrected chi connectivity index (χ1v) is 32.2. The number of thiazole rings is 1. The Kier molecular flexibility index (Phi) is 16.4. The highest BCUT2D eigenvalue weighted by molar-refractivity contribution is 7.90. The molecular weight excluding hydrogens is 1120 g/mol. The molecule has 12 rings (SSSR count). The van der Waals surface area contributed by atoms with Crippen molar-refractivity contribution in [3.63, 3.8) is 0 Å². The Morgan fingerprint density at radius 3 is 2.31 bits per heavy atom. The predicted octanol–water partition coefficient (Wildman–Crippen LogP) is 8.87. The Hall–Kier alpha value is -7.37.